The Morgan fingerprint density at radius 3 is 2.86 bits per heavy atom. The van der Waals surface area contributed by atoms with E-state index in [1.54, 1.807) is 10.6 Å². The van der Waals surface area contributed by atoms with Gasteiger partial charge in [-0.25, -0.2) is 13.4 Å². The molecule has 2 aliphatic rings. The Morgan fingerprint density at radius 2 is 2.21 bits per heavy atom. The first-order valence-corrected chi connectivity index (χ1v) is 12.8. The zero-order chi connectivity index (χ0) is 19.9. The Hall–Kier alpha value is -1.65. The maximum atomic E-state index is 13.0. The molecule has 1 aliphatic heterocycles. The topological polar surface area (TPSA) is 98.1 Å². The number of aromatic nitrogens is 2. The van der Waals surface area contributed by atoms with Crippen molar-refractivity contribution in [2.75, 3.05) is 17.3 Å². The second kappa shape index (κ2) is 7.64. The molecule has 1 atom stereocenters. The van der Waals surface area contributed by atoms with Crippen LogP contribution in [-0.2, 0) is 21.2 Å². The third kappa shape index (κ3) is 4.04. The summed E-state index contributed by atoms with van der Waals surface area (Å²) in [5, 5.41) is 5.96. The van der Waals surface area contributed by atoms with Gasteiger partial charge in [0, 0.05) is 12.6 Å². The van der Waals surface area contributed by atoms with Crippen LogP contribution in [0.5, 0.6) is 0 Å². The number of amides is 1. The van der Waals surface area contributed by atoms with Gasteiger partial charge in [0.05, 0.1) is 22.6 Å². The Balaban J connectivity index is 1.53. The number of nitrogens with zero attached hydrogens (tertiary/aromatic N) is 2. The van der Waals surface area contributed by atoms with Crippen molar-refractivity contribution in [2.45, 2.75) is 42.9 Å². The molecule has 1 amide bonds. The maximum Gasteiger partial charge on any atom is 0.263 e. The molecular formula is C18H21N3O4S3. The lowest BCUT2D eigenvalue weighted by molar-refractivity contribution is -0.119. The molecule has 0 spiro atoms. The average molecular weight is 440 g/mol. The van der Waals surface area contributed by atoms with Crippen LogP contribution in [-0.4, -0.2) is 47.2 Å². The lowest BCUT2D eigenvalue weighted by Crippen LogP contribution is -2.36. The molecule has 2 aromatic heterocycles. The number of allylic oxidation sites excluding steroid dienone is 1. The number of fused-ring (bicyclic) bond motifs is 1. The number of sulfone groups is 1. The molecule has 4 rings (SSSR count). The summed E-state index contributed by atoms with van der Waals surface area (Å²) in [4.78, 5) is 30.6. The third-order valence-corrected chi connectivity index (χ3v) is 8.58. The Bertz CT molecular complexity index is 1100. The zero-order valence-corrected chi connectivity index (χ0v) is 17.7. The summed E-state index contributed by atoms with van der Waals surface area (Å²) in [6, 6.07) is -0.331. The van der Waals surface area contributed by atoms with Crippen LogP contribution in [0.15, 0.2) is 28.0 Å². The monoisotopic (exact) mass is 439 g/mol. The summed E-state index contributed by atoms with van der Waals surface area (Å²) in [5.74, 6) is 0.397. The molecular weight excluding hydrogens is 418 g/mol. The van der Waals surface area contributed by atoms with Gasteiger partial charge in [0.1, 0.15) is 4.83 Å². The van der Waals surface area contributed by atoms with E-state index in [0.29, 0.717) is 34.3 Å². The molecule has 1 aliphatic carbocycles. The highest BCUT2D eigenvalue weighted by atomic mass is 32.2. The highest BCUT2D eigenvalue weighted by Crippen LogP contribution is 2.44. The van der Waals surface area contributed by atoms with Crippen LogP contribution in [0.3, 0.4) is 0 Å². The lowest BCUT2D eigenvalue weighted by Gasteiger charge is -2.12. The third-order valence-electron chi connectivity index (χ3n) is 4.95. The minimum atomic E-state index is -3.04. The molecule has 0 unspecified atom stereocenters. The van der Waals surface area contributed by atoms with E-state index in [0.717, 1.165) is 18.4 Å². The number of thioether (sulfide) groups is 1. The predicted octanol–water partition coefficient (Wildman–Crippen LogP) is 1.92. The van der Waals surface area contributed by atoms with Crippen molar-refractivity contribution in [3.63, 3.8) is 0 Å². The van der Waals surface area contributed by atoms with Crippen LogP contribution in [0.2, 0.25) is 0 Å². The van der Waals surface area contributed by atoms with Crippen LogP contribution in [0.1, 0.15) is 30.7 Å². The largest absolute Gasteiger partial charge is 0.352 e. The SMILES string of the molecule is C=CCn1c(SCC(=O)N[C@@H]2CCS(=O)(=O)C2)nc2scc(C3CC3)c2c1=O. The van der Waals surface area contributed by atoms with Gasteiger partial charge in [0.25, 0.3) is 5.56 Å². The van der Waals surface area contributed by atoms with Crippen LogP contribution < -0.4 is 10.9 Å². The number of carbonyl (C=O) groups is 1. The molecule has 2 aromatic rings. The first-order valence-electron chi connectivity index (χ1n) is 9.13. The first-order chi connectivity index (χ1) is 13.4. The van der Waals surface area contributed by atoms with Gasteiger partial charge >= 0.3 is 0 Å². The van der Waals surface area contributed by atoms with E-state index in [9.17, 15) is 18.0 Å². The molecule has 0 radical (unpaired) electrons. The van der Waals surface area contributed by atoms with E-state index in [1.807, 2.05) is 5.38 Å². The average Bonchev–Trinajstić information content (AvgIpc) is 3.30. The predicted molar refractivity (Wildman–Crippen MR) is 112 cm³/mol. The van der Waals surface area contributed by atoms with E-state index < -0.39 is 9.84 Å². The normalized spacial score (nSPS) is 21.1. The van der Waals surface area contributed by atoms with Gasteiger partial charge in [0.15, 0.2) is 15.0 Å². The van der Waals surface area contributed by atoms with Crippen molar-refractivity contribution < 1.29 is 13.2 Å². The molecule has 0 bridgehead atoms. The second-order valence-corrected chi connectivity index (χ2v) is 11.2. The molecule has 0 aromatic carbocycles. The number of hydrogen-bond acceptors (Lipinski definition) is 7. The molecule has 1 N–H and O–H groups in total. The molecule has 3 heterocycles. The van der Waals surface area contributed by atoms with Crippen molar-refractivity contribution in [3.05, 3.63) is 34.0 Å². The number of hydrogen-bond donors (Lipinski definition) is 1. The minimum Gasteiger partial charge on any atom is -0.352 e. The fourth-order valence-corrected chi connectivity index (χ4v) is 6.99. The Labute approximate surface area is 171 Å². The quantitative estimate of drug-likeness (QED) is 0.402. The van der Waals surface area contributed by atoms with E-state index in [-0.39, 0.29) is 34.8 Å². The van der Waals surface area contributed by atoms with E-state index in [1.165, 1.54) is 23.1 Å². The summed E-state index contributed by atoms with van der Waals surface area (Å²) >= 11 is 2.66. The summed E-state index contributed by atoms with van der Waals surface area (Å²) in [6.45, 7) is 4.05. The molecule has 150 valence electrons. The summed E-state index contributed by atoms with van der Waals surface area (Å²) in [7, 11) is -3.04. The second-order valence-electron chi connectivity index (χ2n) is 7.20. The van der Waals surface area contributed by atoms with Gasteiger partial charge in [0.2, 0.25) is 5.91 Å². The molecule has 10 heteroatoms. The van der Waals surface area contributed by atoms with Gasteiger partial charge in [-0.2, -0.15) is 0 Å². The van der Waals surface area contributed by atoms with Crippen LogP contribution in [0.25, 0.3) is 10.2 Å². The standard InChI is InChI=1S/C18H21N3O4S3/c1-2-6-21-17(23)15-13(11-3-4-11)8-26-16(15)20-18(21)27-9-14(22)19-12-5-7-28(24,25)10-12/h2,8,11-12H,1,3-7,9-10H2,(H,19,22)/t12-/m1/s1. The number of nitrogens with one attached hydrogen (secondary N) is 1. The van der Waals surface area contributed by atoms with Crippen LogP contribution in [0, 0.1) is 0 Å². The zero-order valence-electron chi connectivity index (χ0n) is 15.2. The highest BCUT2D eigenvalue weighted by molar-refractivity contribution is 7.99. The number of rotatable bonds is 7. The fraction of sp³-hybridized carbons (Fsp3) is 0.500. The molecule has 1 saturated heterocycles. The van der Waals surface area contributed by atoms with Crippen molar-refractivity contribution in [2.24, 2.45) is 0 Å². The molecule has 28 heavy (non-hydrogen) atoms. The van der Waals surface area contributed by atoms with Crippen LogP contribution >= 0.6 is 23.1 Å². The summed E-state index contributed by atoms with van der Waals surface area (Å²) in [5.41, 5.74) is 1.00. The van der Waals surface area contributed by atoms with Crippen molar-refractivity contribution >= 4 is 49.1 Å². The van der Waals surface area contributed by atoms with Gasteiger partial charge in [-0.15, -0.1) is 17.9 Å². The van der Waals surface area contributed by atoms with E-state index in [4.69, 9.17) is 0 Å². The van der Waals surface area contributed by atoms with Gasteiger partial charge in [-0.1, -0.05) is 17.8 Å². The highest BCUT2D eigenvalue weighted by Gasteiger charge is 2.30. The summed E-state index contributed by atoms with van der Waals surface area (Å²) in [6.07, 6.45) is 4.31. The van der Waals surface area contributed by atoms with Crippen molar-refractivity contribution in [1.82, 2.24) is 14.9 Å². The molecule has 1 saturated carbocycles. The smallest absolute Gasteiger partial charge is 0.263 e. The number of thiophene rings is 1. The fourth-order valence-electron chi connectivity index (χ4n) is 3.43. The van der Waals surface area contributed by atoms with Gasteiger partial charge < -0.3 is 5.32 Å². The van der Waals surface area contributed by atoms with Gasteiger partial charge in [-0.05, 0) is 36.1 Å². The minimum absolute atomic E-state index is 0.00602. The first kappa shape index (κ1) is 19.7. The number of carbonyl (C=O) groups excluding carboxylic acids is 1. The Kier molecular flexibility index (Phi) is 5.36. The summed E-state index contributed by atoms with van der Waals surface area (Å²) < 4.78 is 24.6. The van der Waals surface area contributed by atoms with Crippen molar-refractivity contribution in [1.29, 1.82) is 0 Å². The molecule has 2 fully saturated rings. The molecule has 7 nitrogen and oxygen atoms in total. The van der Waals surface area contributed by atoms with Crippen LogP contribution in [0.4, 0.5) is 0 Å². The lowest BCUT2D eigenvalue weighted by atomic mass is 10.1. The maximum absolute atomic E-state index is 13.0. The van der Waals surface area contributed by atoms with E-state index in [2.05, 4.69) is 16.9 Å². The van der Waals surface area contributed by atoms with E-state index >= 15 is 0 Å². The Morgan fingerprint density at radius 1 is 1.43 bits per heavy atom. The van der Waals surface area contributed by atoms with Gasteiger partial charge in [-0.3, -0.25) is 14.2 Å². The van der Waals surface area contributed by atoms with Crippen molar-refractivity contribution in [3.8, 4) is 0 Å².